The van der Waals surface area contributed by atoms with Crippen LogP contribution in [0.4, 0.5) is 0 Å². The van der Waals surface area contributed by atoms with Crippen LogP contribution in [0.15, 0.2) is 30.9 Å². The van der Waals surface area contributed by atoms with Gasteiger partial charge >= 0.3 is 0 Å². The van der Waals surface area contributed by atoms with Gasteiger partial charge in [-0.3, -0.25) is 0 Å². The number of benzene rings is 1. The maximum Gasteiger partial charge on any atom is 0.166 e. The molecular formula is C12H14Cl2N2S. The molecule has 0 aliphatic heterocycles. The van der Waals surface area contributed by atoms with Crippen LogP contribution in [0, 0.1) is 0 Å². The first-order valence-corrected chi connectivity index (χ1v) is 6.36. The summed E-state index contributed by atoms with van der Waals surface area (Å²) >= 11 is 16.9. The van der Waals surface area contributed by atoms with E-state index in [1.165, 1.54) is 0 Å². The molecule has 1 aromatic rings. The van der Waals surface area contributed by atoms with Crippen LogP contribution in [0.1, 0.15) is 5.56 Å². The van der Waals surface area contributed by atoms with Crippen molar-refractivity contribution in [3.63, 3.8) is 0 Å². The highest BCUT2D eigenvalue weighted by molar-refractivity contribution is 7.80. The van der Waals surface area contributed by atoms with Gasteiger partial charge in [0.15, 0.2) is 5.11 Å². The molecule has 0 aliphatic carbocycles. The smallest absolute Gasteiger partial charge is 0.166 e. The molecule has 2 N–H and O–H groups in total. The fourth-order valence-electron chi connectivity index (χ4n) is 1.26. The molecule has 92 valence electrons. The molecule has 0 fully saturated rings. The van der Waals surface area contributed by atoms with Crippen molar-refractivity contribution >= 4 is 40.5 Å². The predicted octanol–water partition coefficient (Wildman–Crippen LogP) is 3.19. The average Bonchev–Trinajstić information content (AvgIpc) is 2.29. The topological polar surface area (TPSA) is 24.1 Å². The van der Waals surface area contributed by atoms with E-state index in [1.807, 2.05) is 12.1 Å². The lowest BCUT2D eigenvalue weighted by Gasteiger charge is -2.09. The van der Waals surface area contributed by atoms with Crippen molar-refractivity contribution in [1.82, 2.24) is 10.6 Å². The molecule has 0 unspecified atom stereocenters. The minimum absolute atomic E-state index is 0.620. The van der Waals surface area contributed by atoms with Gasteiger partial charge < -0.3 is 10.6 Å². The van der Waals surface area contributed by atoms with Crippen LogP contribution in [0.3, 0.4) is 0 Å². The van der Waals surface area contributed by atoms with Gasteiger partial charge in [0.2, 0.25) is 0 Å². The second kappa shape index (κ2) is 7.54. The van der Waals surface area contributed by atoms with Gasteiger partial charge in [-0.1, -0.05) is 35.3 Å². The molecule has 0 atom stereocenters. The Morgan fingerprint density at radius 3 is 2.76 bits per heavy atom. The third-order valence-corrected chi connectivity index (χ3v) is 2.98. The van der Waals surface area contributed by atoms with E-state index < -0.39 is 0 Å². The van der Waals surface area contributed by atoms with E-state index in [9.17, 15) is 0 Å². The van der Waals surface area contributed by atoms with E-state index in [2.05, 4.69) is 17.2 Å². The third kappa shape index (κ3) is 5.39. The Bertz CT molecular complexity index is 407. The predicted molar refractivity (Wildman–Crippen MR) is 79.0 cm³/mol. The van der Waals surface area contributed by atoms with E-state index in [0.29, 0.717) is 21.7 Å². The zero-order valence-corrected chi connectivity index (χ0v) is 11.6. The third-order valence-electron chi connectivity index (χ3n) is 2.10. The Morgan fingerprint density at radius 2 is 2.12 bits per heavy atom. The summed E-state index contributed by atoms with van der Waals surface area (Å²) in [5, 5.41) is 8.03. The van der Waals surface area contributed by atoms with Gasteiger partial charge in [-0.05, 0) is 36.3 Å². The first-order valence-electron chi connectivity index (χ1n) is 5.20. The fourth-order valence-corrected chi connectivity index (χ4v) is 1.95. The van der Waals surface area contributed by atoms with Crippen LogP contribution in [0.5, 0.6) is 0 Å². The molecule has 1 rings (SSSR count). The van der Waals surface area contributed by atoms with Crippen molar-refractivity contribution < 1.29 is 0 Å². The van der Waals surface area contributed by atoms with Crippen LogP contribution in [0.25, 0.3) is 0 Å². The number of thiocarbonyl (C=S) groups is 1. The molecule has 0 aliphatic rings. The fraction of sp³-hybridized carbons (Fsp3) is 0.250. The first kappa shape index (κ1) is 14.3. The Hall–Kier alpha value is -0.770. The molecule has 1 aromatic carbocycles. The summed E-state index contributed by atoms with van der Waals surface area (Å²) in [5.74, 6) is 0. The number of halogens is 2. The molecule has 0 saturated heterocycles. The molecule has 0 saturated carbocycles. The van der Waals surface area contributed by atoms with Gasteiger partial charge in [-0.15, -0.1) is 6.58 Å². The van der Waals surface area contributed by atoms with Gasteiger partial charge in [-0.2, -0.15) is 0 Å². The van der Waals surface area contributed by atoms with Crippen molar-refractivity contribution in [3.8, 4) is 0 Å². The van der Waals surface area contributed by atoms with Crippen LogP contribution < -0.4 is 10.6 Å². The first-order chi connectivity index (χ1) is 8.13. The molecule has 17 heavy (non-hydrogen) atoms. The minimum atomic E-state index is 0.620. The quantitative estimate of drug-likeness (QED) is 0.643. The van der Waals surface area contributed by atoms with Gasteiger partial charge in [0, 0.05) is 23.1 Å². The summed E-state index contributed by atoms with van der Waals surface area (Å²) in [4.78, 5) is 0. The summed E-state index contributed by atoms with van der Waals surface area (Å²) in [6.07, 6.45) is 2.55. The maximum absolute atomic E-state index is 6.05. The summed E-state index contributed by atoms with van der Waals surface area (Å²) in [5.41, 5.74) is 1.05. The monoisotopic (exact) mass is 288 g/mol. The van der Waals surface area contributed by atoms with Crippen LogP contribution in [-0.4, -0.2) is 18.2 Å². The van der Waals surface area contributed by atoms with Crippen molar-refractivity contribution in [2.24, 2.45) is 0 Å². The Balaban J connectivity index is 2.35. The molecule has 0 bridgehead atoms. The van der Waals surface area contributed by atoms with Crippen molar-refractivity contribution in [2.45, 2.75) is 6.42 Å². The van der Waals surface area contributed by atoms with Gasteiger partial charge in [0.05, 0.1) is 0 Å². The SMILES string of the molecule is C=CCNC(=S)NCCc1ccc(Cl)cc1Cl. The van der Waals surface area contributed by atoms with Crippen molar-refractivity contribution in [1.29, 1.82) is 0 Å². The summed E-state index contributed by atoms with van der Waals surface area (Å²) in [6.45, 7) is 4.99. The Morgan fingerprint density at radius 1 is 1.35 bits per heavy atom. The van der Waals surface area contributed by atoms with Crippen LogP contribution in [-0.2, 0) is 6.42 Å². The second-order valence-corrected chi connectivity index (χ2v) is 4.66. The molecule has 5 heteroatoms. The van der Waals surface area contributed by atoms with E-state index in [1.54, 1.807) is 12.1 Å². The maximum atomic E-state index is 6.05. The standard InChI is InChI=1S/C12H14Cl2N2S/c1-2-6-15-12(17)16-7-5-9-3-4-10(13)8-11(9)14/h2-4,8H,1,5-7H2,(H2,15,16,17). The molecule has 0 aromatic heterocycles. The largest absolute Gasteiger partial charge is 0.362 e. The molecule has 0 heterocycles. The lowest BCUT2D eigenvalue weighted by atomic mass is 10.1. The van der Waals surface area contributed by atoms with E-state index in [0.717, 1.165) is 18.5 Å². The zero-order chi connectivity index (χ0) is 12.7. The zero-order valence-electron chi connectivity index (χ0n) is 9.30. The lowest BCUT2D eigenvalue weighted by Crippen LogP contribution is -2.36. The number of rotatable bonds is 5. The van der Waals surface area contributed by atoms with E-state index >= 15 is 0 Å². The van der Waals surface area contributed by atoms with E-state index in [-0.39, 0.29) is 0 Å². The summed E-state index contributed by atoms with van der Waals surface area (Å²) in [6, 6.07) is 5.50. The van der Waals surface area contributed by atoms with Crippen LogP contribution >= 0.6 is 35.4 Å². The van der Waals surface area contributed by atoms with Gasteiger partial charge in [-0.25, -0.2) is 0 Å². The van der Waals surface area contributed by atoms with Crippen molar-refractivity contribution in [2.75, 3.05) is 13.1 Å². The van der Waals surface area contributed by atoms with Gasteiger partial charge in [0.1, 0.15) is 0 Å². The molecule has 0 spiro atoms. The minimum Gasteiger partial charge on any atom is -0.362 e. The number of nitrogens with one attached hydrogen (secondary N) is 2. The van der Waals surface area contributed by atoms with Gasteiger partial charge in [0.25, 0.3) is 0 Å². The highest BCUT2D eigenvalue weighted by Crippen LogP contribution is 2.20. The van der Waals surface area contributed by atoms with E-state index in [4.69, 9.17) is 35.4 Å². The van der Waals surface area contributed by atoms with Crippen LogP contribution in [0.2, 0.25) is 10.0 Å². The molecular weight excluding hydrogens is 275 g/mol. The second-order valence-electron chi connectivity index (χ2n) is 3.41. The number of hydrogen-bond donors (Lipinski definition) is 2. The molecule has 0 radical (unpaired) electrons. The number of hydrogen-bond acceptors (Lipinski definition) is 1. The summed E-state index contributed by atoms with van der Waals surface area (Å²) < 4.78 is 0. The Kier molecular flexibility index (Phi) is 6.34. The highest BCUT2D eigenvalue weighted by Gasteiger charge is 2.01. The summed E-state index contributed by atoms with van der Waals surface area (Å²) in [7, 11) is 0. The lowest BCUT2D eigenvalue weighted by molar-refractivity contribution is 0.841. The normalized spacial score (nSPS) is 9.76. The Labute approximate surface area is 117 Å². The van der Waals surface area contributed by atoms with Crippen molar-refractivity contribution in [3.05, 3.63) is 46.5 Å². The average molecular weight is 289 g/mol. The molecule has 0 amide bonds. The highest BCUT2D eigenvalue weighted by atomic mass is 35.5. The molecule has 2 nitrogen and oxygen atoms in total.